The molecule has 132 valence electrons. The Morgan fingerprint density at radius 1 is 0.960 bits per heavy atom. The molecule has 4 nitrogen and oxygen atoms in total. The van der Waals surface area contributed by atoms with Gasteiger partial charge in [0, 0.05) is 5.56 Å². The predicted octanol–water partition coefficient (Wildman–Crippen LogP) is 4.03. The molecular weight excluding hydrogens is 314 g/mol. The van der Waals surface area contributed by atoms with E-state index in [1.807, 2.05) is 39.0 Å². The van der Waals surface area contributed by atoms with Gasteiger partial charge in [0.15, 0.2) is 6.04 Å². The first-order chi connectivity index (χ1) is 11.8. The summed E-state index contributed by atoms with van der Waals surface area (Å²) < 4.78 is 5.39. The second kappa shape index (κ2) is 7.97. The SMILES string of the molecule is Cc1cc(C)c(C(NC(=O)c2ccccc2)C(=O)OC(C)C)c(C)c1. The van der Waals surface area contributed by atoms with Crippen LogP contribution < -0.4 is 5.32 Å². The van der Waals surface area contributed by atoms with E-state index < -0.39 is 12.0 Å². The number of carbonyl (C=O) groups excluding carboxylic acids is 2. The van der Waals surface area contributed by atoms with Gasteiger partial charge in [-0.25, -0.2) is 4.79 Å². The molecule has 0 bridgehead atoms. The molecule has 1 amide bonds. The van der Waals surface area contributed by atoms with Gasteiger partial charge < -0.3 is 10.1 Å². The van der Waals surface area contributed by atoms with Crippen LogP contribution in [0.25, 0.3) is 0 Å². The van der Waals surface area contributed by atoms with E-state index in [2.05, 4.69) is 5.32 Å². The standard InChI is InChI=1S/C21H25NO3/c1-13(2)25-21(24)19(18-15(4)11-14(3)12-16(18)5)22-20(23)17-9-7-6-8-10-17/h6-13,19H,1-5H3,(H,22,23). The summed E-state index contributed by atoms with van der Waals surface area (Å²) in [4.78, 5) is 25.3. The maximum atomic E-state index is 12.7. The minimum atomic E-state index is -0.837. The molecular formula is C21H25NO3. The lowest BCUT2D eigenvalue weighted by molar-refractivity contribution is -0.150. The topological polar surface area (TPSA) is 55.4 Å². The molecule has 0 heterocycles. The zero-order valence-corrected chi connectivity index (χ0v) is 15.4. The summed E-state index contributed by atoms with van der Waals surface area (Å²) in [5.41, 5.74) is 4.32. The van der Waals surface area contributed by atoms with E-state index in [1.54, 1.807) is 38.1 Å². The van der Waals surface area contributed by atoms with E-state index in [-0.39, 0.29) is 12.0 Å². The van der Waals surface area contributed by atoms with E-state index in [0.717, 1.165) is 22.3 Å². The molecule has 0 saturated heterocycles. The van der Waals surface area contributed by atoms with Gasteiger partial charge in [-0.15, -0.1) is 0 Å². The number of benzene rings is 2. The Morgan fingerprint density at radius 2 is 1.52 bits per heavy atom. The van der Waals surface area contributed by atoms with Crippen LogP contribution in [0.5, 0.6) is 0 Å². The molecule has 0 aliphatic carbocycles. The molecule has 0 aliphatic heterocycles. The molecule has 0 spiro atoms. The van der Waals surface area contributed by atoms with Crippen molar-refractivity contribution in [3.63, 3.8) is 0 Å². The van der Waals surface area contributed by atoms with Crippen LogP contribution in [-0.4, -0.2) is 18.0 Å². The summed E-state index contributed by atoms with van der Waals surface area (Å²) in [7, 11) is 0. The second-order valence-corrected chi connectivity index (χ2v) is 6.57. The third-order valence-electron chi connectivity index (χ3n) is 3.93. The molecule has 1 atom stereocenters. The monoisotopic (exact) mass is 339 g/mol. The minimum absolute atomic E-state index is 0.255. The molecule has 25 heavy (non-hydrogen) atoms. The van der Waals surface area contributed by atoms with Crippen molar-refractivity contribution in [3.8, 4) is 0 Å². The van der Waals surface area contributed by atoms with Gasteiger partial charge in [0.05, 0.1) is 6.10 Å². The smallest absolute Gasteiger partial charge is 0.333 e. The van der Waals surface area contributed by atoms with Gasteiger partial charge in [0.2, 0.25) is 0 Å². The number of aryl methyl sites for hydroxylation is 3. The van der Waals surface area contributed by atoms with Crippen molar-refractivity contribution in [1.29, 1.82) is 0 Å². The molecule has 0 radical (unpaired) electrons. The first-order valence-electron chi connectivity index (χ1n) is 8.43. The molecule has 0 aliphatic rings. The number of amides is 1. The van der Waals surface area contributed by atoms with Crippen molar-refractivity contribution in [2.24, 2.45) is 0 Å². The normalized spacial score (nSPS) is 11.9. The van der Waals surface area contributed by atoms with Gasteiger partial charge in [-0.2, -0.15) is 0 Å². The Labute approximate surface area is 149 Å². The number of rotatable bonds is 5. The molecule has 2 aromatic carbocycles. The van der Waals surface area contributed by atoms with Crippen LogP contribution in [0, 0.1) is 20.8 Å². The summed E-state index contributed by atoms with van der Waals surface area (Å²) in [5.74, 6) is -0.750. The van der Waals surface area contributed by atoms with Crippen LogP contribution in [-0.2, 0) is 9.53 Å². The Kier molecular flexibility index (Phi) is 5.97. The third kappa shape index (κ3) is 4.69. The first kappa shape index (κ1) is 18.7. The number of esters is 1. The molecule has 2 rings (SSSR count). The van der Waals surface area contributed by atoms with Gasteiger partial charge >= 0.3 is 5.97 Å². The Balaban J connectivity index is 2.41. The van der Waals surface area contributed by atoms with E-state index in [0.29, 0.717) is 5.56 Å². The molecule has 2 aromatic rings. The quantitative estimate of drug-likeness (QED) is 0.837. The van der Waals surface area contributed by atoms with E-state index in [9.17, 15) is 9.59 Å². The van der Waals surface area contributed by atoms with Crippen molar-refractivity contribution < 1.29 is 14.3 Å². The lowest BCUT2D eigenvalue weighted by Crippen LogP contribution is -2.36. The highest BCUT2D eigenvalue weighted by Crippen LogP contribution is 2.25. The van der Waals surface area contributed by atoms with Crippen LogP contribution in [0.15, 0.2) is 42.5 Å². The number of hydrogen-bond acceptors (Lipinski definition) is 3. The zero-order chi connectivity index (χ0) is 18.6. The molecule has 0 saturated carbocycles. The Bertz CT molecular complexity index is 743. The number of ether oxygens (including phenoxy) is 1. The van der Waals surface area contributed by atoms with Crippen molar-refractivity contribution in [1.82, 2.24) is 5.32 Å². The fourth-order valence-electron chi connectivity index (χ4n) is 3.00. The number of carbonyl (C=O) groups is 2. The molecule has 0 fully saturated rings. The Hall–Kier alpha value is -2.62. The van der Waals surface area contributed by atoms with E-state index in [4.69, 9.17) is 4.74 Å². The highest BCUT2D eigenvalue weighted by Gasteiger charge is 2.28. The summed E-state index contributed by atoms with van der Waals surface area (Å²) in [6, 6.07) is 12.0. The zero-order valence-electron chi connectivity index (χ0n) is 15.4. The number of nitrogens with one attached hydrogen (secondary N) is 1. The van der Waals surface area contributed by atoms with Gasteiger partial charge in [-0.1, -0.05) is 35.9 Å². The van der Waals surface area contributed by atoms with Gasteiger partial charge in [0.1, 0.15) is 0 Å². The minimum Gasteiger partial charge on any atom is -0.461 e. The van der Waals surface area contributed by atoms with E-state index >= 15 is 0 Å². The van der Waals surface area contributed by atoms with Crippen LogP contribution in [0.3, 0.4) is 0 Å². The van der Waals surface area contributed by atoms with Crippen molar-refractivity contribution in [2.75, 3.05) is 0 Å². The third-order valence-corrected chi connectivity index (χ3v) is 3.93. The molecule has 1 unspecified atom stereocenters. The summed E-state index contributed by atoms with van der Waals surface area (Å²) in [6.07, 6.45) is -0.255. The van der Waals surface area contributed by atoms with E-state index in [1.165, 1.54) is 0 Å². The fourth-order valence-corrected chi connectivity index (χ4v) is 3.00. The predicted molar refractivity (Wildman–Crippen MR) is 98.5 cm³/mol. The average molecular weight is 339 g/mol. The van der Waals surface area contributed by atoms with Crippen LogP contribution in [0.4, 0.5) is 0 Å². The van der Waals surface area contributed by atoms with Crippen molar-refractivity contribution >= 4 is 11.9 Å². The summed E-state index contributed by atoms with van der Waals surface area (Å²) in [6.45, 7) is 9.48. The second-order valence-electron chi connectivity index (χ2n) is 6.57. The molecule has 4 heteroatoms. The van der Waals surface area contributed by atoms with Crippen molar-refractivity contribution in [2.45, 2.75) is 46.8 Å². The molecule has 1 N–H and O–H groups in total. The maximum Gasteiger partial charge on any atom is 0.333 e. The van der Waals surface area contributed by atoms with Crippen LogP contribution >= 0.6 is 0 Å². The highest BCUT2D eigenvalue weighted by molar-refractivity contribution is 5.97. The summed E-state index contributed by atoms with van der Waals surface area (Å²) >= 11 is 0. The highest BCUT2D eigenvalue weighted by atomic mass is 16.5. The van der Waals surface area contributed by atoms with Gasteiger partial charge in [0.25, 0.3) is 5.91 Å². The first-order valence-corrected chi connectivity index (χ1v) is 8.43. The lowest BCUT2D eigenvalue weighted by Gasteiger charge is -2.23. The fraction of sp³-hybridized carbons (Fsp3) is 0.333. The average Bonchev–Trinajstić information content (AvgIpc) is 2.53. The number of hydrogen-bond donors (Lipinski definition) is 1. The largest absolute Gasteiger partial charge is 0.461 e. The van der Waals surface area contributed by atoms with Gasteiger partial charge in [-0.05, 0) is 63.4 Å². The van der Waals surface area contributed by atoms with Crippen LogP contribution in [0.1, 0.15) is 52.5 Å². The summed E-state index contributed by atoms with van der Waals surface area (Å²) in [5, 5.41) is 2.84. The Morgan fingerprint density at radius 3 is 2.04 bits per heavy atom. The van der Waals surface area contributed by atoms with Crippen molar-refractivity contribution in [3.05, 3.63) is 70.3 Å². The van der Waals surface area contributed by atoms with Crippen LogP contribution in [0.2, 0.25) is 0 Å². The van der Waals surface area contributed by atoms with Gasteiger partial charge in [-0.3, -0.25) is 4.79 Å². The molecule has 0 aromatic heterocycles. The lowest BCUT2D eigenvalue weighted by atomic mass is 9.93. The maximum absolute atomic E-state index is 12.7.